The molecule has 1 saturated carbocycles. The first-order valence-electron chi connectivity index (χ1n) is 7.12. The molecule has 0 aliphatic heterocycles. The predicted octanol–water partition coefficient (Wildman–Crippen LogP) is 3.80. The molecule has 0 spiro atoms. The molecule has 2 heteroatoms. The fourth-order valence-corrected chi connectivity index (χ4v) is 4.02. The van der Waals surface area contributed by atoms with Crippen molar-refractivity contribution in [1.29, 1.82) is 0 Å². The van der Waals surface area contributed by atoms with E-state index < -0.39 is 0 Å². The Labute approximate surface area is 116 Å². The molecular formula is C16H25NS. The van der Waals surface area contributed by atoms with Gasteiger partial charge < -0.3 is 5.32 Å². The third kappa shape index (κ3) is 4.33. The minimum Gasteiger partial charge on any atom is -0.316 e. The quantitative estimate of drug-likeness (QED) is 0.838. The van der Waals surface area contributed by atoms with Gasteiger partial charge >= 0.3 is 0 Å². The summed E-state index contributed by atoms with van der Waals surface area (Å²) >= 11 is 2.18. The molecule has 2 rings (SSSR count). The van der Waals surface area contributed by atoms with E-state index in [0.29, 0.717) is 6.04 Å². The van der Waals surface area contributed by atoms with Gasteiger partial charge in [-0.25, -0.2) is 0 Å². The highest BCUT2D eigenvalue weighted by Crippen LogP contribution is 2.29. The van der Waals surface area contributed by atoms with Gasteiger partial charge in [0.05, 0.1) is 0 Å². The van der Waals surface area contributed by atoms with Crippen LogP contribution >= 0.6 is 11.8 Å². The molecule has 1 unspecified atom stereocenters. The highest BCUT2D eigenvalue weighted by atomic mass is 32.2. The molecule has 0 radical (unpaired) electrons. The summed E-state index contributed by atoms with van der Waals surface area (Å²) in [4.78, 5) is 0. The van der Waals surface area contributed by atoms with Gasteiger partial charge in [0.15, 0.2) is 0 Å². The van der Waals surface area contributed by atoms with E-state index in [9.17, 15) is 0 Å². The van der Waals surface area contributed by atoms with Crippen LogP contribution < -0.4 is 5.32 Å². The summed E-state index contributed by atoms with van der Waals surface area (Å²) in [5, 5.41) is 4.40. The Kier molecular flexibility index (Phi) is 5.58. The number of benzene rings is 1. The maximum Gasteiger partial charge on any atom is 0.0195 e. The van der Waals surface area contributed by atoms with E-state index in [4.69, 9.17) is 0 Å². The molecule has 18 heavy (non-hydrogen) atoms. The van der Waals surface area contributed by atoms with Gasteiger partial charge in [0.2, 0.25) is 0 Å². The van der Waals surface area contributed by atoms with Crippen LogP contribution in [0.5, 0.6) is 0 Å². The summed E-state index contributed by atoms with van der Waals surface area (Å²) in [5.41, 5.74) is 2.80. The van der Waals surface area contributed by atoms with E-state index in [1.54, 1.807) is 0 Å². The lowest BCUT2D eigenvalue weighted by molar-refractivity contribution is 0.615. The summed E-state index contributed by atoms with van der Waals surface area (Å²) in [6.07, 6.45) is 6.91. The molecule has 0 aromatic heterocycles. The molecule has 1 N–H and O–H groups in total. The van der Waals surface area contributed by atoms with E-state index in [2.05, 4.69) is 55.3 Å². The zero-order valence-electron chi connectivity index (χ0n) is 11.6. The number of nitrogens with one attached hydrogen (secondary N) is 1. The minimum atomic E-state index is 0.610. The Morgan fingerprint density at radius 1 is 1.22 bits per heavy atom. The van der Waals surface area contributed by atoms with E-state index in [0.717, 1.165) is 11.7 Å². The number of rotatable bonds is 6. The van der Waals surface area contributed by atoms with Gasteiger partial charge in [0.1, 0.15) is 0 Å². The standard InChI is InChI=1S/C16H25NS/c1-13-7-9-14(10-8-13)11-15(17-2)12-18-16-5-3-4-6-16/h7-10,15-17H,3-6,11-12H2,1-2H3. The van der Waals surface area contributed by atoms with Gasteiger partial charge in [-0.1, -0.05) is 42.7 Å². The van der Waals surface area contributed by atoms with Crippen LogP contribution in [-0.4, -0.2) is 24.1 Å². The van der Waals surface area contributed by atoms with Crippen LogP contribution in [0.25, 0.3) is 0 Å². The topological polar surface area (TPSA) is 12.0 Å². The number of likely N-dealkylation sites (N-methyl/N-ethyl adjacent to an activating group) is 1. The van der Waals surface area contributed by atoms with Crippen molar-refractivity contribution >= 4 is 11.8 Å². The summed E-state index contributed by atoms with van der Waals surface area (Å²) < 4.78 is 0. The van der Waals surface area contributed by atoms with Crippen molar-refractivity contribution in [2.75, 3.05) is 12.8 Å². The van der Waals surface area contributed by atoms with Gasteiger partial charge in [-0.15, -0.1) is 0 Å². The summed E-state index contributed by atoms with van der Waals surface area (Å²) in [5.74, 6) is 1.25. The molecule has 1 aliphatic carbocycles. The fourth-order valence-electron chi connectivity index (χ4n) is 2.56. The zero-order chi connectivity index (χ0) is 12.8. The Hall–Kier alpha value is -0.470. The molecule has 0 heterocycles. The maximum atomic E-state index is 3.47. The number of hydrogen-bond acceptors (Lipinski definition) is 2. The number of thioether (sulfide) groups is 1. The lowest BCUT2D eigenvalue weighted by atomic mass is 10.1. The molecule has 1 aliphatic rings. The highest BCUT2D eigenvalue weighted by molar-refractivity contribution is 7.99. The van der Waals surface area contributed by atoms with E-state index in [-0.39, 0.29) is 0 Å². The Bertz CT molecular complexity index is 341. The van der Waals surface area contributed by atoms with Crippen molar-refractivity contribution in [2.45, 2.75) is 50.3 Å². The maximum absolute atomic E-state index is 3.47. The van der Waals surface area contributed by atoms with Crippen LogP contribution in [0.15, 0.2) is 24.3 Å². The second kappa shape index (κ2) is 7.20. The van der Waals surface area contributed by atoms with Crippen molar-refractivity contribution < 1.29 is 0 Å². The fraction of sp³-hybridized carbons (Fsp3) is 0.625. The van der Waals surface area contributed by atoms with Gasteiger partial charge in [-0.2, -0.15) is 11.8 Å². The van der Waals surface area contributed by atoms with E-state index >= 15 is 0 Å². The zero-order valence-corrected chi connectivity index (χ0v) is 12.4. The first kappa shape index (κ1) is 14.0. The molecule has 1 atom stereocenters. The summed E-state index contributed by atoms with van der Waals surface area (Å²) in [6.45, 7) is 2.15. The smallest absolute Gasteiger partial charge is 0.0195 e. The molecule has 0 amide bonds. The van der Waals surface area contributed by atoms with Gasteiger partial charge in [-0.05, 0) is 38.8 Å². The molecular weight excluding hydrogens is 238 g/mol. The molecule has 0 bridgehead atoms. The van der Waals surface area contributed by atoms with Crippen LogP contribution in [0, 0.1) is 6.92 Å². The van der Waals surface area contributed by atoms with Crippen molar-refractivity contribution in [1.82, 2.24) is 5.32 Å². The van der Waals surface area contributed by atoms with Crippen LogP contribution in [0.3, 0.4) is 0 Å². The Balaban J connectivity index is 1.79. The number of hydrogen-bond donors (Lipinski definition) is 1. The van der Waals surface area contributed by atoms with Crippen LogP contribution in [0.1, 0.15) is 36.8 Å². The van der Waals surface area contributed by atoms with Crippen LogP contribution in [-0.2, 0) is 6.42 Å². The van der Waals surface area contributed by atoms with Crippen molar-refractivity contribution in [3.05, 3.63) is 35.4 Å². The lowest BCUT2D eigenvalue weighted by Gasteiger charge is -2.18. The average Bonchev–Trinajstić information content (AvgIpc) is 2.90. The SMILES string of the molecule is CNC(CSC1CCCC1)Cc1ccc(C)cc1. The third-order valence-electron chi connectivity index (χ3n) is 3.85. The second-order valence-electron chi connectivity index (χ2n) is 5.42. The highest BCUT2D eigenvalue weighted by Gasteiger charge is 2.17. The predicted molar refractivity (Wildman–Crippen MR) is 82.4 cm³/mol. The van der Waals surface area contributed by atoms with Gasteiger partial charge in [0.25, 0.3) is 0 Å². The average molecular weight is 263 g/mol. The molecule has 100 valence electrons. The number of aryl methyl sites for hydroxylation is 1. The Morgan fingerprint density at radius 2 is 1.89 bits per heavy atom. The van der Waals surface area contributed by atoms with Crippen molar-refractivity contribution in [3.8, 4) is 0 Å². The van der Waals surface area contributed by atoms with E-state index in [1.807, 2.05) is 0 Å². The van der Waals surface area contributed by atoms with Crippen LogP contribution in [0.4, 0.5) is 0 Å². The summed E-state index contributed by atoms with van der Waals surface area (Å²) in [7, 11) is 2.09. The third-order valence-corrected chi connectivity index (χ3v) is 5.38. The summed E-state index contributed by atoms with van der Waals surface area (Å²) in [6, 6.07) is 9.57. The molecule has 1 aromatic carbocycles. The molecule has 1 aromatic rings. The monoisotopic (exact) mass is 263 g/mol. The van der Waals surface area contributed by atoms with Gasteiger partial charge in [0, 0.05) is 17.0 Å². The second-order valence-corrected chi connectivity index (χ2v) is 6.75. The molecule has 0 saturated heterocycles. The van der Waals surface area contributed by atoms with E-state index in [1.165, 1.54) is 42.6 Å². The normalized spacial score (nSPS) is 18.1. The lowest BCUT2D eigenvalue weighted by Crippen LogP contribution is -2.30. The van der Waals surface area contributed by atoms with Gasteiger partial charge in [-0.3, -0.25) is 0 Å². The Morgan fingerprint density at radius 3 is 2.50 bits per heavy atom. The van der Waals surface area contributed by atoms with Crippen molar-refractivity contribution in [2.24, 2.45) is 0 Å². The largest absolute Gasteiger partial charge is 0.316 e. The first-order chi connectivity index (χ1) is 8.78. The minimum absolute atomic E-state index is 0.610. The molecule has 1 fully saturated rings. The van der Waals surface area contributed by atoms with Crippen LogP contribution in [0.2, 0.25) is 0 Å². The molecule has 1 nitrogen and oxygen atoms in total. The first-order valence-corrected chi connectivity index (χ1v) is 8.17. The van der Waals surface area contributed by atoms with Crippen molar-refractivity contribution in [3.63, 3.8) is 0 Å².